The van der Waals surface area contributed by atoms with Gasteiger partial charge in [0.15, 0.2) is 0 Å². The molecule has 0 bridgehead atoms. The van der Waals surface area contributed by atoms with Crippen molar-refractivity contribution in [2.24, 2.45) is 0 Å². The average Bonchev–Trinajstić information content (AvgIpc) is 3.36. The molecule has 0 rings (SSSR count). The van der Waals surface area contributed by atoms with E-state index in [2.05, 4.69) is 31.3 Å². The van der Waals surface area contributed by atoms with Crippen molar-refractivity contribution in [3.8, 4) is 0 Å². The third kappa shape index (κ3) is 58.7. The number of nitrogens with zero attached hydrogens (tertiary/aromatic N) is 1. The summed E-state index contributed by atoms with van der Waals surface area (Å²) in [5.74, 6) is -0.201. The van der Waals surface area contributed by atoms with Gasteiger partial charge in [0, 0.05) is 6.42 Å². The Hall–Kier alpha value is -1.02. The highest BCUT2D eigenvalue weighted by atomic mass is 31.2. The lowest BCUT2D eigenvalue weighted by Gasteiger charge is -2.29. The first kappa shape index (κ1) is 73.0. The number of aliphatic hydroxyl groups is 1. The number of rotatable bonds is 61. The van der Waals surface area contributed by atoms with Gasteiger partial charge in [-0.3, -0.25) is 9.36 Å². The van der Waals surface area contributed by atoms with Gasteiger partial charge in [0.25, 0.3) is 7.82 Å². The van der Waals surface area contributed by atoms with Crippen LogP contribution in [0.4, 0.5) is 0 Å². The third-order valence-electron chi connectivity index (χ3n) is 15.2. The van der Waals surface area contributed by atoms with Crippen LogP contribution in [-0.4, -0.2) is 68.5 Å². The Kier molecular flexibility index (Phi) is 55.9. The van der Waals surface area contributed by atoms with Gasteiger partial charge < -0.3 is 28.8 Å². The van der Waals surface area contributed by atoms with Crippen LogP contribution in [0.3, 0.4) is 0 Å². The zero-order valence-corrected chi connectivity index (χ0v) is 51.2. The second-order valence-electron chi connectivity index (χ2n) is 23.8. The van der Waals surface area contributed by atoms with Crippen molar-refractivity contribution in [2.75, 3.05) is 40.9 Å². The molecule has 0 heterocycles. The first-order valence-corrected chi connectivity index (χ1v) is 34.2. The van der Waals surface area contributed by atoms with Crippen molar-refractivity contribution in [2.45, 2.75) is 347 Å². The van der Waals surface area contributed by atoms with E-state index >= 15 is 0 Å². The maximum absolute atomic E-state index is 13.0. The molecule has 3 unspecified atom stereocenters. The van der Waals surface area contributed by atoms with E-state index in [0.717, 1.165) is 38.5 Å². The summed E-state index contributed by atoms with van der Waals surface area (Å²) in [6.07, 6.45) is 73.2. The van der Waals surface area contributed by atoms with E-state index in [1.54, 1.807) is 6.08 Å². The van der Waals surface area contributed by atoms with Crippen molar-refractivity contribution in [1.29, 1.82) is 0 Å². The summed E-state index contributed by atoms with van der Waals surface area (Å²) in [6.45, 7) is 4.66. The number of nitrogens with one attached hydrogen (secondary N) is 1. The second-order valence-corrected chi connectivity index (χ2v) is 25.2. The highest BCUT2D eigenvalue weighted by molar-refractivity contribution is 7.45. The van der Waals surface area contributed by atoms with Crippen LogP contribution in [0, 0.1) is 0 Å². The minimum Gasteiger partial charge on any atom is -0.756 e. The average molecular weight is 1070 g/mol. The number of unbranched alkanes of at least 4 members (excludes halogenated alkanes) is 46. The molecule has 3 atom stereocenters. The predicted molar refractivity (Wildman–Crippen MR) is 321 cm³/mol. The number of carbonyl (C=O) groups is 1. The van der Waals surface area contributed by atoms with E-state index in [1.807, 2.05) is 27.2 Å². The van der Waals surface area contributed by atoms with Crippen LogP contribution in [0.25, 0.3) is 0 Å². The fraction of sp³-hybridized carbons (Fsp3) is 0.923. The van der Waals surface area contributed by atoms with Crippen LogP contribution < -0.4 is 10.2 Å². The van der Waals surface area contributed by atoms with Crippen LogP contribution in [0.15, 0.2) is 24.3 Å². The number of carbonyl (C=O) groups excluding carboxylic acids is 1. The number of likely N-dealkylation sites (N-methyl/N-ethyl adjacent to an activating group) is 1. The molecule has 0 aliphatic carbocycles. The van der Waals surface area contributed by atoms with E-state index in [4.69, 9.17) is 9.05 Å². The summed E-state index contributed by atoms with van der Waals surface area (Å²) < 4.78 is 23.3. The summed E-state index contributed by atoms with van der Waals surface area (Å²) in [5.41, 5.74) is 0. The Labute approximate surface area is 462 Å². The van der Waals surface area contributed by atoms with Crippen molar-refractivity contribution in [3.63, 3.8) is 0 Å². The molecule has 0 spiro atoms. The molecule has 0 radical (unpaired) electrons. The molecule has 0 aliphatic rings. The minimum atomic E-state index is -4.60. The van der Waals surface area contributed by atoms with Gasteiger partial charge in [0.2, 0.25) is 5.91 Å². The highest BCUT2D eigenvalue weighted by Gasteiger charge is 2.23. The Morgan fingerprint density at radius 1 is 0.459 bits per heavy atom. The molecule has 0 saturated heterocycles. The number of quaternary nitrogens is 1. The summed E-state index contributed by atoms with van der Waals surface area (Å²) in [6, 6.07) is -0.900. The maximum Gasteiger partial charge on any atom is 0.268 e. The molecule has 8 nitrogen and oxygen atoms in total. The van der Waals surface area contributed by atoms with Gasteiger partial charge >= 0.3 is 0 Å². The summed E-state index contributed by atoms with van der Waals surface area (Å²) in [5, 5.41) is 13.8. The van der Waals surface area contributed by atoms with E-state index in [1.165, 1.54) is 276 Å². The lowest BCUT2D eigenvalue weighted by molar-refractivity contribution is -0.870. The first-order valence-electron chi connectivity index (χ1n) is 32.7. The van der Waals surface area contributed by atoms with Gasteiger partial charge in [-0.25, -0.2) is 0 Å². The summed E-state index contributed by atoms with van der Waals surface area (Å²) in [4.78, 5) is 25.5. The van der Waals surface area contributed by atoms with Crippen molar-refractivity contribution >= 4 is 13.7 Å². The normalized spacial score (nSPS) is 13.9. The Balaban J connectivity index is 3.87. The topological polar surface area (TPSA) is 108 Å². The number of phosphoric acid groups is 1. The number of allylic oxidation sites excluding steroid dienone is 3. The lowest BCUT2D eigenvalue weighted by atomic mass is 10.0. The van der Waals surface area contributed by atoms with E-state index in [0.29, 0.717) is 17.4 Å². The van der Waals surface area contributed by atoms with E-state index in [9.17, 15) is 19.4 Å². The maximum atomic E-state index is 13.0. The van der Waals surface area contributed by atoms with Crippen molar-refractivity contribution < 1.29 is 32.9 Å². The van der Waals surface area contributed by atoms with Gasteiger partial charge in [-0.15, -0.1) is 0 Å². The number of hydrogen-bond donors (Lipinski definition) is 2. The second kappa shape index (κ2) is 56.7. The van der Waals surface area contributed by atoms with Crippen LogP contribution in [0.1, 0.15) is 335 Å². The number of phosphoric ester groups is 1. The molecule has 0 aromatic heterocycles. The highest BCUT2D eigenvalue weighted by Crippen LogP contribution is 2.38. The van der Waals surface area contributed by atoms with Crippen molar-refractivity contribution in [1.82, 2.24) is 5.32 Å². The third-order valence-corrected chi connectivity index (χ3v) is 16.1. The SMILES string of the molecule is CCCCCCCCCC/C=C/CC/C=C/C(O)C(COP(=O)([O-])OCC[N+](C)(C)C)NC(=O)CCCCCCCCCCCCCCCCCCCCCCCCCCCCCCCCCCCCCCCC. The number of aliphatic hydroxyl groups excluding tert-OH is 1. The lowest BCUT2D eigenvalue weighted by Crippen LogP contribution is -2.45. The Morgan fingerprint density at radius 3 is 1.09 bits per heavy atom. The molecule has 74 heavy (non-hydrogen) atoms. The van der Waals surface area contributed by atoms with Gasteiger partial charge in [0.05, 0.1) is 39.9 Å². The van der Waals surface area contributed by atoms with Gasteiger partial charge in [-0.1, -0.05) is 321 Å². The molecule has 2 N–H and O–H groups in total. The van der Waals surface area contributed by atoms with Gasteiger partial charge in [-0.05, 0) is 32.1 Å². The molecule has 0 aliphatic heterocycles. The fourth-order valence-electron chi connectivity index (χ4n) is 10.1. The van der Waals surface area contributed by atoms with Gasteiger partial charge in [0.1, 0.15) is 13.2 Å². The standard InChI is InChI=1S/C65H129N2O6P/c1-6-8-10-12-14-16-18-20-22-23-24-25-26-27-28-29-30-31-32-33-34-35-36-37-38-39-40-41-42-43-44-45-47-49-51-53-55-57-59-65(69)66-63(62-73-74(70,71)72-61-60-67(3,4)5)64(68)58-56-54-52-50-48-46-21-19-17-15-13-11-9-7-2/h48,50,56,58,63-64,68H,6-47,49,51-55,57,59-62H2,1-5H3,(H-,66,69,70,71)/b50-48+,58-56+. The zero-order chi connectivity index (χ0) is 54.2. The van der Waals surface area contributed by atoms with Gasteiger partial charge in [-0.2, -0.15) is 0 Å². The smallest absolute Gasteiger partial charge is 0.268 e. The summed E-state index contributed by atoms with van der Waals surface area (Å²) in [7, 11) is 1.26. The Morgan fingerprint density at radius 2 is 0.757 bits per heavy atom. The molecule has 0 saturated carbocycles. The largest absolute Gasteiger partial charge is 0.756 e. The monoisotopic (exact) mass is 1060 g/mol. The molecule has 440 valence electrons. The molecule has 0 aromatic rings. The number of amides is 1. The van der Waals surface area contributed by atoms with Crippen molar-refractivity contribution in [3.05, 3.63) is 24.3 Å². The first-order chi connectivity index (χ1) is 36.0. The molecule has 0 aromatic carbocycles. The van der Waals surface area contributed by atoms with Crippen LogP contribution in [0.5, 0.6) is 0 Å². The van der Waals surface area contributed by atoms with Crippen LogP contribution >= 0.6 is 7.82 Å². The molecular weight excluding hydrogens is 936 g/mol. The summed E-state index contributed by atoms with van der Waals surface area (Å²) >= 11 is 0. The van der Waals surface area contributed by atoms with Crippen LogP contribution in [-0.2, 0) is 18.4 Å². The van der Waals surface area contributed by atoms with E-state index in [-0.39, 0.29) is 19.1 Å². The number of hydrogen-bond acceptors (Lipinski definition) is 6. The zero-order valence-electron chi connectivity index (χ0n) is 50.3. The fourth-order valence-corrected chi connectivity index (χ4v) is 10.8. The molecule has 9 heteroatoms. The minimum absolute atomic E-state index is 0.00386. The molecule has 0 fully saturated rings. The predicted octanol–water partition coefficient (Wildman–Crippen LogP) is 19.7. The van der Waals surface area contributed by atoms with E-state index < -0.39 is 20.0 Å². The Bertz CT molecular complexity index is 1260. The molecule has 1 amide bonds. The molecular formula is C65H129N2O6P. The quantitative estimate of drug-likeness (QED) is 0.0272. The van der Waals surface area contributed by atoms with Crippen LogP contribution in [0.2, 0.25) is 0 Å².